The largest absolute Gasteiger partial charge is 0.496 e. The first-order valence-electron chi connectivity index (χ1n) is 7.73. The fourth-order valence-electron chi connectivity index (χ4n) is 2.19. The van der Waals surface area contributed by atoms with E-state index in [1.807, 2.05) is 19.1 Å². The van der Waals surface area contributed by atoms with Gasteiger partial charge in [0.25, 0.3) is 11.6 Å². The van der Waals surface area contributed by atoms with Gasteiger partial charge in [0.1, 0.15) is 11.3 Å². The number of para-hydroxylation sites is 1. The fraction of sp³-hybridized carbons (Fsp3) is 0.222. The molecule has 1 atom stereocenters. The minimum absolute atomic E-state index is 0.118. The molecule has 0 spiro atoms. The zero-order valence-electron chi connectivity index (χ0n) is 14.5. The summed E-state index contributed by atoms with van der Waals surface area (Å²) in [7, 11) is 1.33. The SMILES string of the molecule is COc1ccc([N+](=O)[O-])cc1C(=O)OC(C)C(=O)Nc1ccccc1C. The second-order valence-electron chi connectivity index (χ2n) is 5.49. The Kier molecular flexibility index (Phi) is 5.90. The minimum atomic E-state index is -1.11. The van der Waals surface area contributed by atoms with Crippen molar-refractivity contribution in [1.82, 2.24) is 0 Å². The second kappa shape index (κ2) is 8.11. The topological polar surface area (TPSA) is 108 Å². The van der Waals surface area contributed by atoms with E-state index in [0.29, 0.717) is 5.69 Å². The first-order chi connectivity index (χ1) is 12.3. The van der Waals surface area contributed by atoms with Gasteiger partial charge >= 0.3 is 5.97 Å². The van der Waals surface area contributed by atoms with Crippen LogP contribution in [0.2, 0.25) is 0 Å². The van der Waals surface area contributed by atoms with E-state index in [4.69, 9.17) is 9.47 Å². The second-order valence-corrected chi connectivity index (χ2v) is 5.49. The van der Waals surface area contributed by atoms with E-state index in [1.54, 1.807) is 12.1 Å². The van der Waals surface area contributed by atoms with Crippen LogP contribution in [-0.4, -0.2) is 30.0 Å². The zero-order valence-corrected chi connectivity index (χ0v) is 14.5. The molecule has 1 N–H and O–H groups in total. The van der Waals surface area contributed by atoms with Gasteiger partial charge in [0, 0.05) is 17.8 Å². The lowest BCUT2D eigenvalue weighted by Crippen LogP contribution is -2.30. The number of nitro benzene ring substituents is 1. The predicted octanol–water partition coefficient (Wildman–Crippen LogP) is 3.10. The number of nitrogens with one attached hydrogen (secondary N) is 1. The molecule has 2 rings (SSSR count). The van der Waals surface area contributed by atoms with Crippen LogP contribution in [0.4, 0.5) is 11.4 Å². The molecule has 26 heavy (non-hydrogen) atoms. The number of amides is 1. The number of hydrogen-bond acceptors (Lipinski definition) is 6. The molecule has 0 saturated heterocycles. The smallest absolute Gasteiger partial charge is 0.342 e. The average molecular weight is 358 g/mol. The Balaban J connectivity index is 2.13. The number of carbonyl (C=O) groups excluding carboxylic acids is 2. The van der Waals surface area contributed by atoms with Gasteiger partial charge in [-0.05, 0) is 31.5 Å². The van der Waals surface area contributed by atoms with Gasteiger partial charge in [-0.3, -0.25) is 14.9 Å². The monoisotopic (exact) mass is 358 g/mol. The maximum Gasteiger partial charge on any atom is 0.342 e. The van der Waals surface area contributed by atoms with Crippen molar-refractivity contribution in [1.29, 1.82) is 0 Å². The number of benzene rings is 2. The molecule has 2 aromatic rings. The number of ether oxygens (including phenoxy) is 2. The molecule has 8 nitrogen and oxygen atoms in total. The summed E-state index contributed by atoms with van der Waals surface area (Å²) in [5.41, 5.74) is 1.06. The van der Waals surface area contributed by atoms with Crippen LogP contribution in [0.1, 0.15) is 22.8 Å². The van der Waals surface area contributed by atoms with E-state index >= 15 is 0 Å². The van der Waals surface area contributed by atoms with Crippen molar-refractivity contribution in [3.63, 3.8) is 0 Å². The summed E-state index contributed by atoms with van der Waals surface area (Å²) in [6.07, 6.45) is -1.11. The number of aryl methyl sites for hydroxylation is 1. The molecule has 0 heterocycles. The van der Waals surface area contributed by atoms with E-state index in [1.165, 1.54) is 26.2 Å². The third-order valence-electron chi connectivity index (χ3n) is 3.67. The van der Waals surface area contributed by atoms with Gasteiger partial charge in [-0.25, -0.2) is 4.79 Å². The van der Waals surface area contributed by atoms with Gasteiger partial charge in [-0.15, -0.1) is 0 Å². The van der Waals surface area contributed by atoms with Crippen LogP contribution < -0.4 is 10.1 Å². The summed E-state index contributed by atoms with van der Waals surface area (Å²) in [4.78, 5) is 34.8. The molecule has 0 aliphatic carbocycles. The summed E-state index contributed by atoms with van der Waals surface area (Å²) in [6.45, 7) is 3.25. The molecule has 0 saturated carbocycles. The van der Waals surface area contributed by atoms with Crippen LogP contribution in [0.5, 0.6) is 5.75 Å². The normalized spacial score (nSPS) is 11.3. The first-order valence-corrected chi connectivity index (χ1v) is 7.73. The van der Waals surface area contributed by atoms with Crippen molar-refractivity contribution in [3.8, 4) is 5.75 Å². The lowest BCUT2D eigenvalue weighted by Gasteiger charge is -2.15. The third kappa shape index (κ3) is 4.35. The molecular weight excluding hydrogens is 340 g/mol. The first kappa shape index (κ1) is 18.9. The molecule has 1 amide bonds. The number of non-ortho nitro benzene ring substituents is 1. The number of anilines is 1. The number of hydrogen-bond donors (Lipinski definition) is 1. The van der Waals surface area contributed by atoms with Gasteiger partial charge in [-0.2, -0.15) is 0 Å². The van der Waals surface area contributed by atoms with Crippen LogP contribution in [0.3, 0.4) is 0 Å². The Bertz CT molecular complexity index is 849. The van der Waals surface area contributed by atoms with Gasteiger partial charge < -0.3 is 14.8 Å². The molecule has 0 radical (unpaired) electrons. The molecule has 0 aliphatic heterocycles. The summed E-state index contributed by atoms with van der Waals surface area (Å²) in [6, 6.07) is 10.7. The summed E-state index contributed by atoms with van der Waals surface area (Å²) in [5, 5.41) is 13.6. The average Bonchev–Trinajstić information content (AvgIpc) is 2.62. The van der Waals surface area contributed by atoms with Crippen molar-refractivity contribution in [2.75, 3.05) is 12.4 Å². The fourth-order valence-corrected chi connectivity index (χ4v) is 2.19. The van der Waals surface area contributed by atoms with E-state index in [9.17, 15) is 19.7 Å². The highest BCUT2D eigenvalue weighted by Crippen LogP contribution is 2.25. The molecule has 8 heteroatoms. The third-order valence-corrected chi connectivity index (χ3v) is 3.67. The van der Waals surface area contributed by atoms with Gasteiger partial charge in [0.05, 0.1) is 12.0 Å². The summed E-state index contributed by atoms with van der Waals surface area (Å²) < 4.78 is 10.2. The number of rotatable bonds is 6. The van der Waals surface area contributed by atoms with Crippen LogP contribution in [0, 0.1) is 17.0 Å². The lowest BCUT2D eigenvalue weighted by atomic mass is 10.1. The van der Waals surface area contributed by atoms with Crippen LogP contribution in [0.25, 0.3) is 0 Å². The summed E-state index contributed by atoms with van der Waals surface area (Å²) >= 11 is 0. The molecular formula is C18H18N2O6. The lowest BCUT2D eigenvalue weighted by molar-refractivity contribution is -0.384. The van der Waals surface area contributed by atoms with Crippen molar-refractivity contribution >= 4 is 23.3 Å². The van der Waals surface area contributed by atoms with E-state index in [0.717, 1.165) is 11.6 Å². The maximum atomic E-state index is 12.3. The standard InChI is InChI=1S/C18H18N2O6/c1-11-6-4-5-7-15(11)19-17(21)12(2)26-18(22)14-10-13(20(23)24)8-9-16(14)25-3/h4-10,12H,1-3H3,(H,19,21). The highest BCUT2D eigenvalue weighted by Gasteiger charge is 2.24. The molecule has 0 aromatic heterocycles. The molecule has 0 fully saturated rings. The van der Waals surface area contributed by atoms with E-state index in [2.05, 4.69) is 5.32 Å². The Hall–Kier alpha value is -3.42. The zero-order chi connectivity index (χ0) is 19.3. The maximum absolute atomic E-state index is 12.3. The van der Waals surface area contributed by atoms with Crippen LogP contribution in [0.15, 0.2) is 42.5 Å². The molecule has 136 valence electrons. The van der Waals surface area contributed by atoms with Gasteiger partial charge in [0.15, 0.2) is 6.10 Å². The Morgan fingerprint density at radius 2 is 1.88 bits per heavy atom. The molecule has 0 bridgehead atoms. The van der Waals surface area contributed by atoms with Gasteiger partial charge in [-0.1, -0.05) is 18.2 Å². The quantitative estimate of drug-likeness (QED) is 0.483. The van der Waals surface area contributed by atoms with Crippen molar-refractivity contribution in [2.24, 2.45) is 0 Å². The minimum Gasteiger partial charge on any atom is -0.496 e. The number of methoxy groups -OCH3 is 1. The number of carbonyl (C=O) groups is 2. The Morgan fingerprint density at radius 3 is 2.50 bits per heavy atom. The summed E-state index contributed by atoms with van der Waals surface area (Å²) in [5.74, 6) is -1.29. The Morgan fingerprint density at radius 1 is 1.19 bits per heavy atom. The van der Waals surface area contributed by atoms with E-state index < -0.39 is 22.9 Å². The number of esters is 1. The van der Waals surface area contributed by atoms with E-state index in [-0.39, 0.29) is 17.0 Å². The van der Waals surface area contributed by atoms with Crippen molar-refractivity contribution in [2.45, 2.75) is 20.0 Å². The number of nitro groups is 1. The van der Waals surface area contributed by atoms with Gasteiger partial charge in [0.2, 0.25) is 0 Å². The van der Waals surface area contributed by atoms with Crippen LogP contribution >= 0.6 is 0 Å². The highest BCUT2D eigenvalue weighted by molar-refractivity contribution is 5.99. The van der Waals surface area contributed by atoms with Crippen molar-refractivity contribution in [3.05, 3.63) is 63.7 Å². The Labute approximate surface area is 149 Å². The molecule has 0 aliphatic rings. The number of nitrogens with zero attached hydrogens (tertiary/aromatic N) is 1. The molecule has 1 unspecified atom stereocenters. The van der Waals surface area contributed by atoms with Crippen LogP contribution in [-0.2, 0) is 9.53 Å². The van der Waals surface area contributed by atoms with Crippen molar-refractivity contribution < 1.29 is 24.0 Å². The molecule has 2 aromatic carbocycles. The predicted molar refractivity (Wildman–Crippen MR) is 94.3 cm³/mol. The highest BCUT2D eigenvalue weighted by atomic mass is 16.6.